The van der Waals surface area contributed by atoms with Gasteiger partial charge < -0.3 is 14.6 Å². The number of hydrogen-bond donors (Lipinski definition) is 1. The lowest BCUT2D eigenvalue weighted by atomic mass is 10.00. The van der Waals surface area contributed by atoms with Gasteiger partial charge in [-0.05, 0) is 48.7 Å². The number of thiophene rings is 1. The summed E-state index contributed by atoms with van der Waals surface area (Å²) in [7, 11) is 0. The number of aromatic hydroxyl groups is 1. The normalized spacial score (nSPS) is 12.2. The first-order valence-corrected chi connectivity index (χ1v) is 11.5. The summed E-state index contributed by atoms with van der Waals surface area (Å²) in [5.74, 6) is 0.0254. The summed E-state index contributed by atoms with van der Waals surface area (Å²) in [5.41, 5.74) is 0.735. The predicted octanol–water partition coefficient (Wildman–Crippen LogP) is 4.92. The fraction of sp³-hybridized carbons (Fsp3) is 0.160. The molecule has 7 nitrogen and oxygen atoms in total. The number of rotatable bonds is 4. The molecule has 3 heterocycles. The van der Waals surface area contributed by atoms with Crippen LogP contribution < -0.4 is 15.0 Å². The summed E-state index contributed by atoms with van der Waals surface area (Å²) in [4.78, 5) is 26.9. The second kappa shape index (κ2) is 8.20. The van der Waals surface area contributed by atoms with Crippen molar-refractivity contribution in [2.75, 3.05) is 6.79 Å². The standard InChI is InChI=1S/C25H17ClN2O5S/c1-12-3-5-15-19(7-12)34-23(21(15)26)22(29)20-13(2)16(9-27)24(30)28(25(20)31)10-14-4-6-17-18(8-14)33-11-32-17/h3-8,31H,10-11H2,1-2H3. The molecule has 0 saturated carbocycles. The van der Waals surface area contributed by atoms with E-state index in [4.69, 9.17) is 21.1 Å². The van der Waals surface area contributed by atoms with Crippen LogP contribution in [-0.4, -0.2) is 22.2 Å². The molecule has 0 fully saturated rings. The lowest BCUT2D eigenvalue weighted by Gasteiger charge is -2.15. The van der Waals surface area contributed by atoms with Gasteiger partial charge in [-0.2, -0.15) is 5.26 Å². The lowest BCUT2D eigenvalue weighted by Crippen LogP contribution is -2.27. The Morgan fingerprint density at radius 1 is 1.21 bits per heavy atom. The van der Waals surface area contributed by atoms with Crippen molar-refractivity contribution < 1.29 is 19.4 Å². The maximum atomic E-state index is 13.6. The van der Waals surface area contributed by atoms with Crippen LogP contribution in [0.3, 0.4) is 0 Å². The predicted molar refractivity (Wildman–Crippen MR) is 128 cm³/mol. The van der Waals surface area contributed by atoms with E-state index in [2.05, 4.69) is 0 Å². The van der Waals surface area contributed by atoms with Crippen LogP contribution in [0.4, 0.5) is 0 Å². The second-order valence-corrected chi connectivity index (χ2v) is 9.39. The zero-order chi connectivity index (χ0) is 24.1. The largest absolute Gasteiger partial charge is 0.494 e. The lowest BCUT2D eigenvalue weighted by molar-refractivity contribution is 0.103. The van der Waals surface area contributed by atoms with Crippen molar-refractivity contribution in [1.82, 2.24) is 4.57 Å². The summed E-state index contributed by atoms with van der Waals surface area (Å²) in [6.45, 7) is 3.44. The molecule has 0 saturated heterocycles. The van der Waals surface area contributed by atoms with Crippen LogP contribution in [0.25, 0.3) is 10.1 Å². The number of ether oxygens (including phenoxy) is 2. The molecule has 0 unspecified atom stereocenters. The number of nitriles is 1. The Bertz CT molecular complexity index is 1610. The molecule has 5 rings (SSSR count). The van der Waals surface area contributed by atoms with E-state index >= 15 is 0 Å². The number of nitrogens with zero attached hydrogens (tertiary/aromatic N) is 2. The minimum Gasteiger partial charge on any atom is -0.494 e. The van der Waals surface area contributed by atoms with E-state index in [1.807, 2.05) is 31.2 Å². The fourth-order valence-corrected chi connectivity index (χ4v) is 5.58. The molecule has 2 aromatic heterocycles. The SMILES string of the molecule is Cc1ccc2c(Cl)c(C(=O)c3c(C)c(C#N)c(=O)n(Cc4ccc5c(c4)OCO5)c3O)sc2c1. The molecule has 4 aromatic rings. The third-order valence-corrected chi connectivity index (χ3v) is 7.45. The molecule has 2 aromatic carbocycles. The summed E-state index contributed by atoms with van der Waals surface area (Å²) in [6.07, 6.45) is 0. The average molecular weight is 493 g/mol. The number of carbonyl (C=O) groups excluding carboxylic acids is 1. The minimum absolute atomic E-state index is 0.0735. The molecule has 0 amide bonds. The molecule has 0 spiro atoms. The van der Waals surface area contributed by atoms with E-state index < -0.39 is 17.2 Å². The Morgan fingerprint density at radius 3 is 2.74 bits per heavy atom. The monoisotopic (exact) mass is 492 g/mol. The van der Waals surface area contributed by atoms with E-state index in [1.54, 1.807) is 18.2 Å². The Morgan fingerprint density at radius 2 is 1.97 bits per heavy atom. The number of aryl methyl sites for hydroxylation is 1. The van der Waals surface area contributed by atoms with Crippen molar-refractivity contribution in [2.45, 2.75) is 20.4 Å². The van der Waals surface area contributed by atoms with Gasteiger partial charge in [-0.15, -0.1) is 11.3 Å². The van der Waals surface area contributed by atoms with Gasteiger partial charge >= 0.3 is 0 Å². The fourth-order valence-electron chi connectivity index (χ4n) is 4.02. The van der Waals surface area contributed by atoms with Crippen LogP contribution in [0.2, 0.25) is 5.02 Å². The van der Waals surface area contributed by atoms with Crippen LogP contribution in [0.15, 0.2) is 41.2 Å². The summed E-state index contributed by atoms with van der Waals surface area (Å²) in [5, 5.41) is 21.8. The Labute approximate surface area is 203 Å². The molecule has 1 aliphatic heterocycles. The number of carbonyl (C=O) groups is 1. The number of aromatic nitrogens is 1. The number of fused-ring (bicyclic) bond motifs is 2. The Kier molecular flexibility index (Phi) is 5.31. The topological polar surface area (TPSA) is 102 Å². The highest BCUT2D eigenvalue weighted by Crippen LogP contribution is 2.39. The number of benzene rings is 2. The number of hydrogen-bond acceptors (Lipinski definition) is 7. The molecule has 1 N–H and O–H groups in total. The molecule has 0 bridgehead atoms. The number of halogens is 1. The van der Waals surface area contributed by atoms with Gasteiger partial charge in [0.15, 0.2) is 11.5 Å². The zero-order valence-electron chi connectivity index (χ0n) is 18.1. The first-order chi connectivity index (χ1) is 16.3. The number of pyridine rings is 1. The highest BCUT2D eigenvalue weighted by Gasteiger charge is 2.28. The quantitative estimate of drug-likeness (QED) is 0.406. The van der Waals surface area contributed by atoms with Gasteiger partial charge in [0, 0.05) is 10.1 Å². The number of ketones is 1. The van der Waals surface area contributed by atoms with Crippen molar-refractivity contribution in [2.24, 2.45) is 0 Å². The highest BCUT2D eigenvalue weighted by molar-refractivity contribution is 7.21. The highest BCUT2D eigenvalue weighted by atomic mass is 35.5. The van der Waals surface area contributed by atoms with E-state index in [-0.39, 0.29) is 39.9 Å². The van der Waals surface area contributed by atoms with Gasteiger partial charge in [0.1, 0.15) is 11.6 Å². The zero-order valence-corrected chi connectivity index (χ0v) is 19.7. The van der Waals surface area contributed by atoms with Gasteiger partial charge in [0.2, 0.25) is 18.5 Å². The molecule has 34 heavy (non-hydrogen) atoms. The van der Waals surface area contributed by atoms with Gasteiger partial charge in [-0.25, -0.2) is 0 Å². The first-order valence-electron chi connectivity index (χ1n) is 10.3. The van der Waals surface area contributed by atoms with Crippen molar-refractivity contribution in [3.63, 3.8) is 0 Å². The molecule has 9 heteroatoms. The molecule has 0 atom stereocenters. The van der Waals surface area contributed by atoms with Gasteiger partial charge in [0.25, 0.3) is 5.56 Å². The van der Waals surface area contributed by atoms with E-state index in [0.717, 1.165) is 20.2 Å². The Balaban J connectivity index is 1.66. The van der Waals surface area contributed by atoms with Crippen LogP contribution in [0, 0.1) is 25.2 Å². The Hall–Kier alpha value is -3.80. The molecule has 170 valence electrons. The summed E-state index contributed by atoms with van der Waals surface area (Å²) < 4.78 is 12.5. The smallest absolute Gasteiger partial charge is 0.271 e. The van der Waals surface area contributed by atoms with Crippen molar-refractivity contribution in [3.05, 3.63) is 84.5 Å². The van der Waals surface area contributed by atoms with Crippen LogP contribution in [-0.2, 0) is 6.54 Å². The van der Waals surface area contributed by atoms with Crippen LogP contribution in [0.1, 0.15) is 37.5 Å². The summed E-state index contributed by atoms with van der Waals surface area (Å²) in [6, 6.07) is 12.7. The van der Waals surface area contributed by atoms with E-state index in [0.29, 0.717) is 17.1 Å². The molecular weight excluding hydrogens is 476 g/mol. The third kappa shape index (κ3) is 3.41. The second-order valence-electron chi connectivity index (χ2n) is 7.96. The maximum absolute atomic E-state index is 13.6. The molecule has 0 aliphatic carbocycles. The van der Waals surface area contributed by atoms with Crippen LogP contribution >= 0.6 is 22.9 Å². The molecule has 1 aliphatic rings. The average Bonchev–Trinajstić information content (AvgIpc) is 3.40. The first kappa shape index (κ1) is 22.0. The molecule has 0 radical (unpaired) electrons. The van der Waals surface area contributed by atoms with Crippen molar-refractivity contribution in [1.29, 1.82) is 5.26 Å². The maximum Gasteiger partial charge on any atom is 0.271 e. The summed E-state index contributed by atoms with van der Waals surface area (Å²) >= 11 is 7.74. The van der Waals surface area contributed by atoms with Gasteiger partial charge in [-0.3, -0.25) is 14.2 Å². The minimum atomic E-state index is -0.690. The molecular formula is C25H17ClN2O5S. The van der Waals surface area contributed by atoms with Crippen molar-refractivity contribution in [3.8, 4) is 23.4 Å². The van der Waals surface area contributed by atoms with Gasteiger partial charge in [0.05, 0.1) is 22.0 Å². The third-order valence-electron chi connectivity index (χ3n) is 5.80. The van der Waals surface area contributed by atoms with Crippen LogP contribution in [0.5, 0.6) is 17.4 Å². The van der Waals surface area contributed by atoms with E-state index in [1.165, 1.54) is 18.3 Å². The van der Waals surface area contributed by atoms with Crippen molar-refractivity contribution >= 4 is 38.8 Å². The van der Waals surface area contributed by atoms with E-state index in [9.17, 15) is 20.0 Å². The van der Waals surface area contributed by atoms with Gasteiger partial charge in [-0.1, -0.05) is 29.8 Å².